The van der Waals surface area contributed by atoms with Gasteiger partial charge in [-0.1, -0.05) is 13.8 Å². The van der Waals surface area contributed by atoms with Gasteiger partial charge in [0.1, 0.15) is 0 Å². The second-order valence-corrected chi connectivity index (χ2v) is 3.25. The molecule has 0 aliphatic heterocycles. The van der Waals surface area contributed by atoms with E-state index in [-0.39, 0.29) is 0 Å². The molecule has 72 valence electrons. The normalized spacial score (nSPS) is 10.5. The monoisotopic (exact) mass is 183 g/mol. The SMILES string of the molecule is Cc1ccnc(OCF)c1C(C)C. The van der Waals surface area contributed by atoms with Crippen molar-refractivity contribution < 1.29 is 9.13 Å². The highest BCUT2D eigenvalue weighted by atomic mass is 19.1. The number of aromatic nitrogens is 1. The Morgan fingerprint density at radius 3 is 2.77 bits per heavy atom. The molecule has 0 unspecified atom stereocenters. The van der Waals surface area contributed by atoms with Crippen LogP contribution in [0.3, 0.4) is 0 Å². The van der Waals surface area contributed by atoms with Crippen molar-refractivity contribution in [3.05, 3.63) is 23.4 Å². The Labute approximate surface area is 77.8 Å². The predicted octanol–water partition coefficient (Wildman–Crippen LogP) is 2.82. The van der Waals surface area contributed by atoms with E-state index < -0.39 is 6.86 Å². The molecule has 0 aromatic carbocycles. The maximum Gasteiger partial charge on any atom is 0.230 e. The van der Waals surface area contributed by atoms with Gasteiger partial charge in [0.2, 0.25) is 12.7 Å². The van der Waals surface area contributed by atoms with Gasteiger partial charge in [-0.15, -0.1) is 0 Å². The van der Waals surface area contributed by atoms with Crippen LogP contribution < -0.4 is 4.74 Å². The lowest BCUT2D eigenvalue weighted by molar-refractivity contribution is 0.182. The van der Waals surface area contributed by atoms with E-state index in [2.05, 4.69) is 4.98 Å². The summed E-state index contributed by atoms with van der Waals surface area (Å²) in [6, 6.07) is 1.90. The van der Waals surface area contributed by atoms with E-state index in [1.807, 2.05) is 26.8 Å². The lowest BCUT2D eigenvalue weighted by Crippen LogP contribution is -2.01. The van der Waals surface area contributed by atoms with Crippen molar-refractivity contribution in [1.29, 1.82) is 0 Å². The number of hydrogen-bond acceptors (Lipinski definition) is 2. The van der Waals surface area contributed by atoms with E-state index >= 15 is 0 Å². The van der Waals surface area contributed by atoms with E-state index in [0.29, 0.717) is 11.8 Å². The van der Waals surface area contributed by atoms with Crippen molar-refractivity contribution in [3.8, 4) is 5.88 Å². The molecule has 1 aromatic heterocycles. The minimum Gasteiger partial charge on any atom is -0.446 e. The zero-order valence-electron chi connectivity index (χ0n) is 8.17. The third kappa shape index (κ3) is 2.17. The summed E-state index contributed by atoms with van der Waals surface area (Å²) in [5, 5.41) is 0. The number of ether oxygens (including phenoxy) is 1. The first-order chi connectivity index (χ1) is 6.16. The van der Waals surface area contributed by atoms with Gasteiger partial charge in [-0.2, -0.15) is 0 Å². The van der Waals surface area contributed by atoms with Crippen LogP contribution in [0.2, 0.25) is 0 Å². The average Bonchev–Trinajstić information content (AvgIpc) is 2.04. The summed E-state index contributed by atoms with van der Waals surface area (Å²) >= 11 is 0. The molecule has 13 heavy (non-hydrogen) atoms. The molecular weight excluding hydrogens is 169 g/mol. The van der Waals surface area contributed by atoms with Gasteiger partial charge in [0.15, 0.2) is 0 Å². The average molecular weight is 183 g/mol. The zero-order chi connectivity index (χ0) is 9.84. The summed E-state index contributed by atoms with van der Waals surface area (Å²) in [6.45, 7) is 5.22. The van der Waals surface area contributed by atoms with Crippen molar-refractivity contribution in [2.45, 2.75) is 26.7 Å². The second kappa shape index (κ2) is 4.21. The highest BCUT2D eigenvalue weighted by Crippen LogP contribution is 2.27. The molecule has 0 amide bonds. The van der Waals surface area contributed by atoms with Gasteiger partial charge in [-0.25, -0.2) is 9.37 Å². The smallest absolute Gasteiger partial charge is 0.230 e. The Morgan fingerprint density at radius 1 is 1.54 bits per heavy atom. The van der Waals surface area contributed by atoms with Crippen LogP contribution in [-0.4, -0.2) is 11.8 Å². The minimum atomic E-state index is -0.823. The molecule has 0 saturated heterocycles. The summed E-state index contributed by atoms with van der Waals surface area (Å²) in [5.41, 5.74) is 2.08. The standard InChI is InChI=1S/C10H14FNO/c1-7(2)9-8(3)4-5-12-10(9)13-6-11/h4-5,7H,6H2,1-3H3. The van der Waals surface area contributed by atoms with E-state index in [9.17, 15) is 4.39 Å². The van der Waals surface area contributed by atoms with Crippen LogP contribution in [0.4, 0.5) is 4.39 Å². The minimum absolute atomic E-state index is 0.301. The second-order valence-electron chi connectivity index (χ2n) is 3.25. The first kappa shape index (κ1) is 9.96. The Kier molecular flexibility index (Phi) is 3.23. The molecular formula is C10H14FNO. The van der Waals surface area contributed by atoms with Crippen molar-refractivity contribution in [1.82, 2.24) is 4.98 Å². The maximum absolute atomic E-state index is 12.0. The van der Waals surface area contributed by atoms with Crippen LogP contribution in [0.15, 0.2) is 12.3 Å². The van der Waals surface area contributed by atoms with Crippen molar-refractivity contribution in [3.63, 3.8) is 0 Å². The number of nitrogens with zero attached hydrogens (tertiary/aromatic N) is 1. The first-order valence-corrected chi connectivity index (χ1v) is 4.31. The third-order valence-electron chi connectivity index (χ3n) is 1.94. The van der Waals surface area contributed by atoms with Crippen molar-refractivity contribution in [2.75, 3.05) is 6.86 Å². The molecule has 1 rings (SSSR count). The van der Waals surface area contributed by atoms with Gasteiger partial charge in [0.25, 0.3) is 0 Å². The number of halogens is 1. The summed E-state index contributed by atoms with van der Waals surface area (Å²) in [5.74, 6) is 0.716. The van der Waals surface area contributed by atoms with Gasteiger partial charge >= 0.3 is 0 Å². The first-order valence-electron chi connectivity index (χ1n) is 4.31. The highest BCUT2D eigenvalue weighted by Gasteiger charge is 2.11. The number of alkyl halides is 1. The van der Waals surface area contributed by atoms with Gasteiger partial charge in [-0.3, -0.25) is 0 Å². The molecule has 0 radical (unpaired) electrons. The quantitative estimate of drug-likeness (QED) is 0.718. The zero-order valence-corrected chi connectivity index (χ0v) is 8.17. The number of pyridine rings is 1. The molecule has 0 fully saturated rings. The Bertz CT molecular complexity index is 286. The summed E-state index contributed by atoms with van der Waals surface area (Å²) in [6.07, 6.45) is 1.63. The van der Waals surface area contributed by atoms with E-state index in [0.717, 1.165) is 11.1 Å². The van der Waals surface area contributed by atoms with Crippen LogP contribution in [0.25, 0.3) is 0 Å². The molecule has 2 nitrogen and oxygen atoms in total. The largest absolute Gasteiger partial charge is 0.446 e. The van der Waals surface area contributed by atoms with Gasteiger partial charge in [0, 0.05) is 11.8 Å². The predicted molar refractivity (Wildman–Crippen MR) is 49.7 cm³/mol. The fourth-order valence-electron chi connectivity index (χ4n) is 1.41. The third-order valence-corrected chi connectivity index (χ3v) is 1.94. The molecule has 1 heterocycles. The molecule has 0 atom stereocenters. The van der Waals surface area contributed by atoms with Gasteiger partial charge < -0.3 is 4.74 Å². The molecule has 0 spiro atoms. The molecule has 3 heteroatoms. The van der Waals surface area contributed by atoms with E-state index in [1.54, 1.807) is 6.20 Å². The summed E-state index contributed by atoms with van der Waals surface area (Å²) in [4.78, 5) is 3.99. The lowest BCUT2D eigenvalue weighted by atomic mass is 10.00. The van der Waals surface area contributed by atoms with Crippen LogP contribution in [-0.2, 0) is 0 Å². The fourth-order valence-corrected chi connectivity index (χ4v) is 1.41. The maximum atomic E-state index is 12.0. The van der Waals surface area contributed by atoms with Crippen LogP contribution in [0, 0.1) is 6.92 Å². The topological polar surface area (TPSA) is 22.1 Å². The van der Waals surface area contributed by atoms with Crippen molar-refractivity contribution >= 4 is 0 Å². The molecule has 0 aliphatic carbocycles. The highest BCUT2D eigenvalue weighted by molar-refractivity contribution is 5.35. The lowest BCUT2D eigenvalue weighted by Gasteiger charge is -2.13. The van der Waals surface area contributed by atoms with Gasteiger partial charge in [0.05, 0.1) is 0 Å². The number of aryl methyl sites for hydroxylation is 1. The fraction of sp³-hybridized carbons (Fsp3) is 0.500. The summed E-state index contributed by atoms with van der Waals surface area (Å²) in [7, 11) is 0. The van der Waals surface area contributed by atoms with E-state index in [4.69, 9.17) is 4.74 Å². The van der Waals surface area contributed by atoms with Gasteiger partial charge in [-0.05, 0) is 24.5 Å². The van der Waals surface area contributed by atoms with Crippen LogP contribution >= 0.6 is 0 Å². The number of hydrogen-bond donors (Lipinski definition) is 0. The van der Waals surface area contributed by atoms with E-state index in [1.165, 1.54) is 0 Å². The molecule has 0 saturated carbocycles. The van der Waals surface area contributed by atoms with Crippen LogP contribution in [0.1, 0.15) is 30.9 Å². The van der Waals surface area contributed by atoms with Crippen LogP contribution in [0.5, 0.6) is 5.88 Å². The molecule has 1 aromatic rings. The summed E-state index contributed by atoms with van der Waals surface area (Å²) < 4.78 is 16.8. The molecule has 0 N–H and O–H groups in total. The Balaban J connectivity index is 3.10. The number of rotatable bonds is 3. The van der Waals surface area contributed by atoms with Crippen molar-refractivity contribution in [2.24, 2.45) is 0 Å². The Hall–Kier alpha value is -1.12. The molecule has 0 bridgehead atoms. The Morgan fingerprint density at radius 2 is 2.23 bits per heavy atom. The molecule has 0 aliphatic rings.